The van der Waals surface area contributed by atoms with E-state index in [1.165, 1.54) is 10.9 Å². The summed E-state index contributed by atoms with van der Waals surface area (Å²) in [6.45, 7) is 2.40. The molecule has 0 spiro atoms. The molecular weight excluding hydrogens is 366 g/mol. The number of hydrogen-bond donors (Lipinski definition) is 3. The van der Waals surface area contributed by atoms with Crippen LogP contribution in [-0.2, 0) is 27.4 Å². The van der Waals surface area contributed by atoms with Crippen molar-refractivity contribution < 1.29 is 19.1 Å². The molecule has 11 nitrogen and oxygen atoms in total. The molecule has 1 fully saturated rings. The van der Waals surface area contributed by atoms with Gasteiger partial charge in [-0.15, -0.1) is 0 Å². The average molecular weight is 391 g/mol. The third kappa shape index (κ3) is 6.06. The molecule has 2 aromatic heterocycles. The van der Waals surface area contributed by atoms with Crippen molar-refractivity contribution in [2.24, 2.45) is 0 Å². The Balaban J connectivity index is 1.43. The number of urea groups is 1. The van der Waals surface area contributed by atoms with Gasteiger partial charge in [0.15, 0.2) is 0 Å². The van der Waals surface area contributed by atoms with Crippen LogP contribution in [0, 0.1) is 0 Å². The Kier molecular flexibility index (Phi) is 6.98. The van der Waals surface area contributed by atoms with E-state index in [0.717, 1.165) is 19.4 Å². The van der Waals surface area contributed by atoms with Crippen molar-refractivity contribution in [1.29, 1.82) is 0 Å². The summed E-state index contributed by atoms with van der Waals surface area (Å²) in [6, 6.07) is -0.416. The van der Waals surface area contributed by atoms with E-state index in [4.69, 9.17) is 9.47 Å². The van der Waals surface area contributed by atoms with Crippen molar-refractivity contribution in [3.8, 4) is 0 Å². The zero-order chi connectivity index (χ0) is 19.8. The van der Waals surface area contributed by atoms with Crippen LogP contribution in [-0.4, -0.2) is 64.5 Å². The van der Waals surface area contributed by atoms with E-state index in [0.29, 0.717) is 31.1 Å². The smallest absolute Gasteiger partial charge is 0.323 e. The number of aromatic nitrogens is 4. The summed E-state index contributed by atoms with van der Waals surface area (Å²) in [6.07, 6.45) is 8.68. The number of amides is 3. The number of carbonyl (C=O) groups is 2. The quantitative estimate of drug-likeness (QED) is 0.540. The number of rotatable bonds is 9. The molecule has 1 aliphatic heterocycles. The highest BCUT2D eigenvalue weighted by atomic mass is 16.5. The van der Waals surface area contributed by atoms with Crippen LogP contribution in [0.4, 0.5) is 16.2 Å². The first kappa shape index (κ1) is 19.8. The number of methoxy groups -OCH3 is 1. The molecule has 1 unspecified atom stereocenters. The fourth-order valence-electron chi connectivity index (χ4n) is 2.83. The average Bonchev–Trinajstić information content (AvgIpc) is 3.39. The van der Waals surface area contributed by atoms with Crippen LogP contribution in [0.5, 0.6) is 0 Å². The molecule has 0 saturated carbocycles. The molecule has 3 rings (SSSR count). The SMILES string of the molecule is COCCNC(=O)Cn1cc(NC(=O)Nc2cnn(CC3CCCO3)c2)cn1. The molecule has 1 atom stereocenters. The Labute approximate surface area is 162 Å². The van der Waals surface area contributed by atoms with Crippen molar-refractivity contribution >= 4 is 23.3 Å². The largest absolute Gasteiger partial charge is 0.383 e. The van der Waals surface area contributed by atoms with Crippen LogP contribution in [0.25, 0.3) is 0 Å². The van der Waals surface area contributed by atoms with Gasteiger partial charge in [0.25, 0.3) is 0 Å². The zero-order valence-corrected chi connectivity index (χ0v) is 15.8. The lowest BCUT2D eigenvalue weighted by Gasteiger charge is -2.08. The van der Waals surface area contributed by atoms with Gasteiger partial charge in [-0.05, 0) is 12.8 Å². The number of ether oxygens (including phenoxy) is 2. The van der Waals surface area contributed by atoms with Crippen LogP contribution in [0.2, 0.25) is 0 Å². The Morgan fingerprint density at radius 1 is 1.21 bits per heavy atom. The molecular formula is C17H25N7O4. The van der Waals surface area contributed by atoms with Gasteiger partial charge in [-0.3, -0.25) is 14.2 Å². The highest BCUT2D eigenvalue weighted by Crippen LogP contribution is 2.15. The molecule has 11 heteroatoms. The number of carbonyl (C=O) groups excluding carboxylic acids is 2. The summed E-state index contributed by atoms with van der Waals surface area (Å²) in [4.78, 5) is 23.9. The van der Waals surface area contributed by atoms with Crippen molar-refractivity contribution in [1.82, 2.24) is 24.9 Å². The molecule has 1 saturated heterocycles. The van der Waals surface area contributed by atoms with Crippen molar-refractivity contribution in [2.75, 3.05) is 37.5 Å². The molecule has 3 amide bonds. The maximum atomic E-state index is 12.1. The lowest BCUT2D eigenvalue weighted by atomic mass is 10.2. The van der Waals surface area contributed by atoms with E-state index in [-0.39, 0.29) is 18.6 Å². The molecule has 0 radical (unpaired) electrons. The number of anilines is 2. The number of nitrogens with zero attached hydrogens (tertiary/aromatic N) is 4. The number of nitrogens with one attached hydrogen (secondary N) is 3. The Morgan fingerprint density at radius 3 is 2.61 bits per heavy atom. The molecule has 3 heterocycles. The van der Waals surface area contributed by atoms with Crippen molar-refractivity contribution in [3.05, 3.63) is 24.8 Å². The monoisotopic (exact) mass is 391 g/mol. The Hall–Kier alpha value is -2.92. The highest BCUT2D eigenvalue weighted by molar-refractivity contribution is 5.99. The van der Waals surface area contributed by atoms with Crippen LogP contribution in [0.15, 0.2) is 24.8 Å². The second-order valence-electron chi connectivity index (χ2n) is 6.43. The molecule has 0 aromatic carbocycles. The second kappa shape index (κ2) is 9.85. The van der Waals surface area contributed by atoms with E-state index >= 15 is 0 Å². The molecule has 3 N–H and O–H groups in total. The standard InChI is InChI=1S/C17H25N7O4/c1-27-6-4-18-16(25)12-24-10-14(8-20-24)22-17(26)21-13-7-19-23(9-13)11-15-3-2-5-28-15/h7-10,15H,2-6,11-12H2,1H3,(H,18,25)(H2,21,22,26). The Morgan fingerprint density at radius 2 is 1.93 bits per heavy atom. The van der Waals surface area contributed by atoms with Crippen LogP contribution in [0.3, 0.4) is 0 Å². The topological polar surface area (TPSA) is 124 Å². The minimum absolute atomic E-state index is 0.0586. The van der Waals surface area contributed by atoms with Gasteiger partial charge < -0.3 is 25.4 Å². The Bertz CT molecular complexity index is 782. The van der Waals surface area contributed by atoms with Gasteiger partial charge in [0, 0.05) is 32.7 Å². The maximum Gasteiger partial charge on any atom is 0.323 e. The molecule has 2 aromatic rings. The summed E-state index contributed by atoms with van der Waals surface area (Å²) in [5.74, 6) is -0.185. The van der Waals surface area contributed by atoms with E-state index in [1.807, 2.05) is 0 Å². The molecule has 28 heavy (non-hydrogen) atoms. The maximum absolute atomic E-state index is 12.1. The fourth-order valence-corrected chi connectivity index (χ4v) is 2.83. The molecule has 1 aliphatic rings. The predicted octanol–water partition coefficient (Wildman–Crippen LogP) is 0.665. The van der Waals surface area contributed by atoms with E-state index in [9.17, 15) is 9.59 Å². The second-order valence-corrected chi connectivity index (χ2v) is 6.43. The molecule has 152 valence electrons. The number of hydrogen-bond acceptors (Lipinski definition) is 6. The summed E-state index contributed by atoms with van der Waals surface area (Å²) in [7, 11) is 1.57. The van der Waals surface area contributed by atoms with Gasteiger partial charge >= 0.3 is 6.03 Å². The molecule has 0 bridgehead atoms. The predicted molar refractivity (Wildman–Crippen MR) is 101 cm³/mol. The van der Waals surface area contributed by atoms with Crippen molar-refractivity contribution in [2.45, 2.75) is 32.0 Å². The van der Waals surface area contributed by atoms with Gasteiger partial charge in [0.2, 0.25) is 5.91 Å². The summed E-state index contributed by atoms with van der Waals surface area (Å²) >= 11 is 0. The summed E-state index contributed by atoms with van der Waals surface area (Å²) in [5.41, 5.74) is 1.06. The van der Waals surface area contributed by atoms with Crippen LogP contribution >= 0.6 is 0 Å². The van der Waals surface area contributed by atoms with Gasteiger partial charge in [0.1, 0.15) is 6.54 Å². The van der Waals surface area contributed by atoms with Gasteiger partial charge in [-0.1, -0.05) is 0 Å². The minimum atomic E-state index is -0.416. The zero-order valence-electron chi connectivity index (χ0n) is 15.8. The van der Waals surface area contributed by atoms with Gasteiger partial charge in [-0.2, -0.15) is 10.2 Å². The molecule has 0 aliphatic carbocycles. The summed E-state index contributed by atoms with van der Waals surface area (Å²) in [5, 5.41) is 16.4. The normalized spacial score (nSPS) is 16.1. The van der Waals surface area contributed by atoms with E-state index < -0.39 is 6.03 Å². The highest BCUT2D eigenvalue weighted by Gasteiger charge is 2.16. The van der Waals surface area contributed by atoms with Crippen LogP contribution < -0.4 is 16.0 Å². The first-order chi connectivity index (χ1) is 13.6. The fraction of sp³-hybridized carbons (Fsp3) is 0.529. The van der Waals surface area contributed by atoms with E-state index in [2.05, 4.69) is 26.1 Å². The minimum Gasteiger partial charge on any atom is -0.383 e. The van der Waals surface area contributed by atoms with E-state index in [1.54, 1.807) is 30.4 Å². The lowest BCUT2D eigenvalue weighted by molar-refractivity contribution is -0.122. The first-order valence-corrected chi connectivity index (χ1v) is 9.12. The third-order valence-corrected chi connectivity index (χ3v) is 4.13. The van der Waals surface area contributed by atoms with Gasteiger partial charge in [0.05, 0.1) is 43.0 Å². The lowest BCUT2D eigenvalue weighted by Crippen LogP contribution is -2.30. The van der Waals surface area contributed by atoms with Crippen molar-refractivity contribution in [3.63, 3.8) is 0 Å². The first-order valence-electron chi connectivity index (χ1n) is 9.12. The van der Waals surface area contributed by atoms with Crippen LogP contribution in [0.1, 0.15) is 12.8 Å². The van der Waals surface area contributed by atoms with Gasteiger partial charge in [-0.25, -0.2) is 4.79 Å². The third-order valence-electron chi connectivity index (χ3n) is 4.13. The summed E-state index contributed by atoms with van der Waals surface area (Å²) < 4.78 is 13.6.